The number of hydrogen-bond donors (Lipinski definition) is 1. The number of alkyl carbamates (subject to hydrolysis) is 1. The maximum atomic E-state index is 14.6. The number of hydroxylamine groups is 1. The first kappa shape index (κ1) is 40.6. The molecule has 0 aromatic heterocycles. The van der Waals surface area contributed by atoms with Gasteiger partial charge in [-0.25, -0.2) is 13.2 Å². The van der Waals surface area contributed by atoms with Gasteiger partial charge in [0, 0.05) is 19.6 Å². The first-order chi connectivity index (χ1) is 26.5. The largest absolute Gasteiger partial charge is 0.487 e. The predicted molar refractivity (Wildman–Crippen MR) is 214 cm³/mol. The molecule has 2 aliphatic rings. The minimum atomic E-state index is -4.24. The lowest BCUT2D eigenvalue weighted by Gasteiger charge is -2.36. The van der Waals surface area contributed by atoms with Crippen molar-refractivity contribution in [3.05, 3.63) is 118 Å². The van der Waals surface area contributed by atoms with Crippen LogP contribution in [0.4, 0.5) is 4.79 Å². The number of hydrogen-bond acceptors (Lipinski definition) is 8. The molecule has 0 unspecified atom stereocenters. The molecule has 0 radical (unpaired) electrons. The molecule has 1 N–H and O–H groups in total. The number of sulfonamides is 1. The molecule has 3 amide bonds. The quantitative estimate of drug-likeness (QED) is 0.0773. The van der Waals surface area contributed by atoms with E-state index in [1.807, 2.05) is 89.2 Å². The number of fused-ring (bicyclic) bond motifs is 2. The molecule has 11 nitrogen and oxygen atoms in total. The Morgan fingerprint density at radius 2 is 1.46 bits per heavy atom. The number of amides is 3. The SMILES string of the molecule is Cc1c(C)c(S(=O)(=O)N(CCCNC(=O)OC(C)(C)c2ccc(-c3ccccc3)cc2)OCCCN2C(=O)c3ccccc3C2=O)c(C)c2c1OC(C)(C)CC2. The van der Waals surface area contributed by atoms with Gasteiger partial charge in [0.05, 0.1) is 22.6 Å². The lowest BCUT2D eigenvalue weighted by Crippen LogP contribution is -2.38. The van der Waals surface area contributed by atoms with Gasteiger partial charge in [-0.1, -0.05) is 71.2 Å². The molecule has 6 rings (SSSR count). The highest BCUT2D eigenvalue weighted by Crippen LogP contribution is 2.43. The Labute approximate surface area is 329 Å². The van der Waals surface area contributed by atoms with Crippen molar-refractivity contribution >= 4 is 27.9 Å². The fraction of sp³-hybridized carbons (Fsp3) is 0.386. The van der Waals surface area contributed by atoms with Crippen LogP contribution in [0.3, 0.4) is 0 Å². The molecule has 296 valence electrons. The van der Waals surface area contributed by atoms with Crippen molar-refractivity contribution in [3.63, 3.8) is 0 Å². The Morgan fingerprint density at radius 3 is 2.11 bits per heavy atom. The van der Waals surface area contributed by atoms with Crippen molar-refractivity contribution in [1.29, 1.82) is 0 Å². The number of imide groups is 1. The van der Waals surface area contributed by atoms with E-state index in [-0.39, 0.29) is 61.4 Å². The monoisotopic (exact) mass is 781 g/mol. The van der Waals surface area contributed by atoms with Crippen LogP contribution in [0.25, 0.3) is 11.1 Å². The Bertz CT molecular complexity index is 2200. The first-order valence-corrected chi connectivity index (χ1v) is 20.5. The van der Waals surface area contributed by atoms with E-state index in [4.69, 9.17) is 14.3 Å². The molecule has 0 saturated carbocycles. The first-order valence-electron chi connectivity index (χ1n) is 19.1. The molecule has 0 fully saturated rings. The van der Waals surface area contributed by atoms with Gasteiger partial charge in [-0.2, -0.15) is 0 Å². The average molecular weight is 782 g/mol. The Balaban J connectivity index is 1.13. The van der Waals surface area contributed by atoms with E-state index in [2.05, 4.69) is 5.32 Å². The van der Waals surface area contributed by atoms with E-state index in [1.165, 1.54) is 0 Å². The van der Waals surface area contributed by atoms with Crippen LogP contribution in [0.2, 0.25) is 0 Å². The minimum Gasteiger partial charge on any atom is -0.487 e. The predicted octanol–water partition coefficient (Wildman–Crippen LogP) is 8.04. The highest BCUT2D eigenvalue weighted by Gasteiger charge is 2.37. The summed E-state index contributed by atoms with van der Waals surface area (Å²) in [6, 6.07) is 24.5. The van der Waals surface area contributed by atoms with Crippen molar-refractivity contribution < 1.29 is 37.1 Å². The van der Waals surface area contributed by atoms with Crippen LogP contribution in [-0.4, -0.2) is 67.5 Å². The molecule has 0 bridgehead atoms. The normalized spacial score (nSPS) is 15.0. The highest BCUT2D eigenvalue weighted by molar-refractivity contribution is 7.89. The number of carbonyl (C=O) groups excluding carboxylic acids is 3. The molecule has 2 heterocycles. The molecule has 12 heteroatoms. The van der Waals surface area contributed by atoms with Crippen LogP contribution in [0.1, 0.15) is 95.5 Å². The second-order valence-corrected chi connectivity index (χ2v) is 17.3. The minimum absolute atomic E-state index is 0.0571. The lowest BCUT2D eigenvalue weighted by atomic mass is 9.88. The molecule has 56 heavy (non-hydrogen) atoms. The maximum Gasteiger partial charge on any atom is 0.408 e. The van der Waals surface area contributed by atoms with Gasteiger partial charge in [0.25, 0.3) is 21.8 Å². The van der Waals surface area contributed by atoms with Crippen LogP contribution in [0, 0.1) is 20.8 Å². The van der Waals surface area contributed by atoms with Crippen LogP contribution in [-0.2, 0) is 31.6 Å². The average Bonchev–Trinajstić information content (AvgIpc) is 3.40. The second kappa shape index (κ2) is 16.2. The standard InChI is InChI=1S/C44H51N3O8S/c1-29-30(2)39(31(3)35-23-24-43(4,5)54-38(29)35)56(51,52)47(53-28-14-26-46-40(48)36-17-11-12-18-37(36)41(46)49)27-13-25-45-42(50)55-44(6,7)34-21-19-33(20-22-34)32-15-9-8-10-16-32/h8-12,15-22H,13-14,23-28H2,1-7H3,(H,45,50). The van der Waals surface area contributed by atoms with Gasteiger partial charge in [0.2, 0.25) is 0 Å². The third-order valence-corrected chi connectivity index (χ3v) is 12.6. The second-order valence-electron chi connectivity index (χ2n) is 15.5. The van der Waals surface area contributed by atoms with Crippen molar-refractivity contribution in [2.45, 2.75) is 90.2 Å². The molecule has 0 atom stereocenters. The number of rotatable bonds is 14. The van der Waals surface area contributed by atoms with Gasteiger partial charge >= 0.3 is 6.09 Å². The maximum absolute atomic E-state index is 14.6. The molecule has 0 saturated heterocycles. The van der Waals surface area contributed by atoms with Gasteiger partial charge in [0.1, 0.15) is 17.0 Å². The zero-order valence-electron chi connectivity index (χ0n) is 33.2. The third kappa shape index (κ3) is 8.37. The van der Waals surface area contributed by atoms with E-state index < -0.39 is 21.7 Å². The molecule has 4 aromatic rings. The Kier molecular flexibility index (Phi) is 11.8. The molecule has 0 aliphatic carbocycles. The topological polar surface area (TPSA) is 132 Å². The van der Waals surface area contributed by atoms with Gasteiger partial charge in [-0.05, 0) is 125 Å². The summed E-state index contributed by atoms with van der Waals surface area (Å²) in [4.78, 5) is 46.1. The zero-order valence-corrected chi connectivity index (χ0v) is 34.0. The molecule has 2 aliphatic heterocycles. The number of benzene rings is 4. The van der Waals surface area contributed by atoms with E-state index in [0.717, 1.165) is 49.4 Å². The highest BCUT2D eigenvalue weighted by atomic mass is 32.2. The molecule has 0 spiro atoms. The van der Waals surface area contributed by atoms with E-state index in [0.29, 0.717) is 28.7 Å². The summed E-state index contributed by atoms with van der Waals surface area (Å²) < 4.78 is 42.2. The van der Waals surface area contributed by atoms with Gasteiger partial charge in [-0.15, -0.1) is 0 Å². The van der Waals surface area contributed by atoms with Crippen molar-refractivity contribution in [3.8, 4) is 16.9 Å². The number of ether oxygens (including phenoxy) is 2. The Morgan fingerprint density at radius 1 is 0.857 bits per heavy atom. The van der Waals surface area contributed by atoms with Gasteiger partial charge in [-0.3, -0.25) is 19.3 Å². The van der Waals surface area contributed by atoms with Gasteiger partial charge < -0.3 is 14.8 Å². The summed E-state index contributed by atoms with van der Waals surface area (Å²) in [5.74, 6) is -0.0513. The van der Waals surface area contributed by atoms with Gasteiger partial charge in [0.15, 0.2) is 0 Å². The van der Waals surface area contributed by atoms with Crippen LogP contribution in [0.15, 0.2) is 83.8 Å². The summed E-state index contributed by atoms with van der Waals surface area (Å²) in [5.41, 5.74) is 5.13. The summed E-state index contributed by atoms with van der Waals surface area (Å²) in [7, 11) is -4.24. The van der Waals surface area contributed by atoms with E-state index in [1.54, 1.807) is 38.1 Å². The number of nitrogens with one attached hydrogen (secondary N) is 1. The van der Waals surface area contributed by atoms with Crippen LogP contribution >= 0.6 is 0 Å². The van der Waals surface area contributed by atoms with Crippen molar-refractivity contribution in [2.75, 3.05) is 26.2 Å². The number of nitrogens with zero attached hydrogens (tertiary/aromatic N) is 2. The smallest absolute Gasteiger partial charge is 0.408 e. The summed E-state index contributed by atoms with van der Waals surface area (Å²) in [6.45, 7) is 13.1. The molecular weight excluding hydrogens is 731 g/mol. The molecule has 4 aromatic carbocycles. The zero-order chi connectivity index (χ0) is 40.4. The third-order valence-electron chi connectivity index (χ3n) is 10.7. The summed E-state index contributed by atoms with van der Waals surface area (Å²) in [6.07, 6.45) is 1.17. The summed E-state index contributed by atoms with van der Waals surface area (Å²) >= 11 is 0. The van der Waals surface area contributed by atoms with E-state index in [9.17, 15) is 22.8 Å². The van der Waals surface area contributed by atoms with Crippen molar-refractivity contribution in [2.24, 2.45) is 0 Å². The van der Waals surface area contributed by atoms with Crippen molar-refractivity contribution in [1.82, 2.24) is 14.7 Å². The fourth-order valence-electron chi connectivity index (χ4n) is 7.34. The van der Waals surface area contributed by atoms with E-state index >= 15 is 0 Å². The lowest BCUT2D eigenvalue weighted by molar-refractivity contribution is -0.0863. The van der Waals surface area contributed by atoms with Crippen LogP contribution in [0.5, 0.6) is 5.75 Å². The summed E-state index contributed by atoms with van der Waals surface area (Å²) in [5, 5.41) is 2.76. The Hall–Kier alpha value is -5.04. The fourth-order valence-corrected chi connectivity index (χ4v) is 9.18. The number of carbonyl (C=O) groups is 3. The molecular formula is C44H51N3O8S. The van der Waals surface area contributed by atoms with Crippen LogP contribution < -0.4 is 10.1 Å².